The molecule has 0 radical (unpaired) electrons. The molecule has 0 aromatic carbocycles. The third-order valence-corrected chi connectivity index (χ3v) is 4.21. The van der Waals surface area contributed by atoms with E-state index < -0.39 is 0 Å². The molecule has 16 heavy (non-hydrogen) atoms. The van der Waals surface area contributed by atoms with Crippen LogP contribution in [0.1, 0.15) is 32.1 Å². The summed E-state index contributed by atoms with van der Waals surface area (Å²) in [4.78, 5) is 16.6. The summed E-state index contributed by atoms with van der Waals surface area (Å²) in [7, 11) is 0. The Balaban J connectivity index is 1.62. The number of likely N-dealkylation sites (tertiary alicyclic amines) is 2. The van der Waals surface area contributed by atoms with Gasteiger partial charge in [0.15, 0.2) is 0 Å². The number of piperidine rings is 1. The normalized spacial score (nSPS) is 37.1. The molecule has 90 valence electrons. The second-order valence-electron chi connectivity index (χ2n) is 5.45. The Kier molecular flexibility index (Phi) is 2.64. The van der Waals surface area contributed by atoms with Crippen LogP contribution in [0.15, 0.2) is 0 Å². The Morgan fingerprint density at radius 2 is 1.88 bits per heavy atom. The van der Waals surface area contributed by atoms with E-state index in [0.717, 1.165) is 38.4 Å². The van der Waals surface area contributed by atoms with Crippen LogP contribution >= 0.6 is 0 Å². The number of amides is 1. The molecule has 0 aromatic heterocycles. The zero-order valence-electron chi connectivity index (χ0n) is 9.77. The summed E-state index contributed by atoms with van der Waals surface area (Å²) in [6.45, 7) is 3.19. The van der Waals surface area contributed by atoms with Crippen molar-refractivity contribution in [3.63, 3.8) is 0 Å². The lowest BCUT2D eigenvalue weighted by molar-refractivity contribution is -0.137. The first-order valence-corrected chi connectivity index (χ1v) is 6.56. The first-order chi connectivity index (χ1) is 7.75. The average molecular weight is 223 g/mol. The van der Waals surface area contributed by atoms with E-state index in [1.165, 1.54) is 19.4 Å². The van der Waals surface area contributed by atoms with Gasteiger partial charge in [0.05, 0.1) is 6.04 Å². The van der Waals surface area contributed by atoms with E-state index in [1.807, 2.05) is 0 Å². The van der Waals surface area contributed by atoms with Gasteiger partial charge >= 0.3 is 0 Å². The molecule has 4 heteroatoms. The molecule has 2 aliphatic heterocycles. The molecule has 1 aliphatic carbocycles. The molecule has 0 aromatic rings. The molecule has 3 fully saturated rings. The van der Waals surface area contributed by atoms with Crippen molar-refractivity contribution in [2.75, 3.05) is 19.6 Å². The van der Waals surface area contributed by atoms with Gasteiger partial charge < -0.3 is 10.6 Å². The first kappa shape index (κ1) is 10.5. The largest absolute Gasteiger partial charge is 0.337 e. The maximum absolute atomic E-state index is 12.0. The zero-order valence-corrected chi connectivity index (χ0v) is 9.77. The second-order valence-corrected chi connectivity index (χ2v) is 5.45. The van der Waals surface area contributed by atoms with Crippen LogP contribution in [-0.2, 0) is 4.79 Å². The summed E-state index contributed by atoms with van der Waals surface area (Å²) in [5, 5.41) is 0. The Hall–Kier alpha value is -0.610. The van der Waals surface area contributed by atoms with Crippen LogP contribution in [0, 0.1) is 0 Å². The molecule has 2 unspecified atom stereocenters. The third-order valence-electron chi connectivity index (χ3n) is 4.21. The lowest BCUT2D eigenvalue weighted by Gasteiger charge is -2.35. The highest BCUT2D eigenvalue weighted by Gasteiger charge is 2.39. The third kappa shape index (κ3) is 1.84. The highest BCUT2D eigenvalue weighted by atomic mass is 16.2. The van der Waals surface area contributed by atoms with Gasteiger partial charge in [-0.05, 0) is 32.1 Å². The topological polar surface area (TPSA) is 49.6 Å². The van der Waals surface area contributed by atoms with Gasteiger partial charge in [-0.1, -0.05) is 0 Å². The van der Waals surface area contributed by atoms with E-state index in [2.05, 4.69) is 9.80 Å². The van der Waals surface area contributed by atoms with Crippen LogP contribution in [0.2, 0.25) is 0 Å². The van der Waals surface area contributed by atoms with Gasteiger partial charge in [0.1, 0.15) is 0 Å². The molecule has 3 aliphatic rings. The smallest absolute Gasteiger partial charge is 0.239 e. The van der Waals surface area contributed by atoms with E-state index in [1.54, 1.807) is 0 Å². The lowest BCUT2D eigenvalue weighted by atomic mass is 10.0. The molecule has 3 rings (SSSR count). The fraction of sp³-hybridized carbons (Fsp3) is 0.917. The molecule has 1 amide bonds. The monoisotopic (exact) mass is 223 g/mol. The molecule has 2 saturated heterocycles. The van der Waals surface area contributed by atoms with Gasteiger partial charge in [-0.3, -0.25) is 9.69 Å². The molecular weight excluding hydrogens is 202 g/mol. The molecule has 2 heterocycles. The minimum Gasteiger partial charge on any atom is -0.337 e. The molecule has 2 N–H and O–H groups in total. The van der Waals surface area contributed by atoms with E-state index in [9.17, 15) is 4.79 Å². The average Bonchev–Trinajstić information content (AvgIpc) is 3.02. The standard InChI is InChI=1S/C12H21N3O/c13-11-2-1-6-15(12(11)16)10-5-7-14(8-10)9-3-4-9/h9-11H,1-8,13H2. The number of carbonyl (C=O) groups excluding carboxylic acids is 1. The number of nitrogens with two attached hydrogens (primary N) is 1. The van der Waals surface area contributed by atoms with E-state index >= 15 is 0 Å². The van der Waals surface area contributed by atoms with Crippen LogP contribution < -0.4 is 5.73 Å². The van der Waals surface area contributed by atoms with Gasteiger partial charge in [0, 0.05) is 31.7 Å². The second kappa shape index (κ2) is 4.00. The van der Waals surface area contributed by atoms with Crippen molar-refractivity contribution in [3.8, 4) is 0 Å². The summed E-state index contributed by atoms with van der Waals surface area (Å²) in [5.74, 6) is 0.189. The fourth-order valence-electron chi connectivity index (χ4n) is 3.08. The van der Waals surface area contributed by atoms with Gasteiger partial charge in [-0.25, -0.2) is 0 Å². The van der Waals surface area contributed by atoms with E-state index in [-0.39, 0.29) is 11.9 Å². The van der Waals surface area contributed by atoms with Gasteiger partial charge in [-0.2, -0.15) is 0 Å². The number of rotatable bonds is 2. The Morgan fingerprint density at radius 1 is 1.06 bits per heavy atom. The van der Waals surface area contributed by atoms with Crippen molar-refractivity contribution < 1.29 is 4.79 Å². The molecule has 0 spiro atoms. The SMILES string of the molecule is NC1CCCN(C2CCN(C3CC3)C2)C1=O. The number of hydrogen-bond donors (Lipinski definition) is 1. The minimum atomic E-state index is -0.233. The summed E-state index contributed by atoms with van der Waals surface area (Å²) < 4.78 is 0. The van der Waals surface area contributed by atoms with E-state index in [0.29, 0.717) is 6.04 Å². The molecule has 2 atom stereocenters. The summed E-state index contributed by atoms with van der Waals surface area (Å²) in [6.07, 6.45) is 5.82. The zero-order chi connectivity index (χ0) is 11.1. The summed E-state index contributed by atoms with van der Waals surface area (Å²) in [5.41, 5.74) is 5.84. The summed E-state index contributed by atoms with van der Waals surface area (Å²) in [6, 6.07) is 1.04. The maximum atomic E-state index is 12.0. The van der Waals surface area contributed by atoms with Crippen LogP contribution in [0.25, 0.3) is 0 Å². The maximum Gasteiger partial charge on any atom is 0.239 e. The predicted octanol–water partition coefficient (Wildman–Crippen LogP) is 0.173. The highest BCUT2D eigenvalue weighted by Crippen LogP contribution is 2.31. The first-order valence-electron chi connectivity index (χ1n) is 6.56. The fourth-order valence-corrected chi connectivity index (χ4v) is 3.08. The van der Waals surface area contributed by atoms with Crippen molar-refractivity contribution in [2.24, 2.45) is 5.73 Å². The minimum absolute atomic E-state index is 0.189. The van der Waals surface area contributed by atoms with Crippen LogP contribution in [-0.4, -0.2) is 53.5 Å². The van der Waals surface area contributed by atoms with Crippen LogP contribution in [0.3, 0.4) is 0 Å². The Labute approximate surface area is 96.8 Å². The summed E-state index contributed by atoms with van der Waals surface area (Å²) >= 11 is 0. The van der Waals surface area contributed by atoms with Crippen molar-refractivity contribution in [1.29, 1.82) is 0 Å². The quantitative estimate of drug-likeness (QED) is 0.726. The van der Waals surface area contributed by atoms with Crippen molar-refractivity contribution >= 4 is 5.91 Å². The molecule has 4 nitrogen and oxygen atoms in total. The number of carbonyl (C=O) groups is 1. The molecule has 1 saturated carbocycles. The van der Waals surface area contributed by atoms with Gasteiger partial charge in [0.25, 0.3) is 0 Å². The van der Waals surface area contributed by atoms with Gasteiger partial charge in [0.2, 0.25) is 5.91 Å². The van der Waals surface area contributed by atoms with Crippen molar-refractivity contribution in [2.45, 2.75) is 50.2 Å². The van der Waals surface area contributed by atoms with Gasteiger partial charge in [-0.15, -0.1) is 0 Å². The highest BCUT2D eigenvalue weighted by molar-refractivity contribution is 5.82. The van der Waals surface area contributed by atoms with E-state index in [4.69, 9.17) is 5.73 Å². The van der Waals surface area contributed by atoms with Crippen LogP contribution in [0.4, 0.5) is 0 Å². The van der Waals surface area contributed by atoms with Crippen molar-refractivity contribution in [3.05, 3.63) is 0 Å². The molecular formula is C12H21N3O. The van der Waals surface area contributed by atoms with Crippen LogP contribution in [0.5, 0.6) is 0 Å². The number of hydrogen-bond acceptors (Lipinski definition) is 3. The lowest BCUT2D eigenvalue weighted by Crippen LogP contribution is -2.53. The number of nitrogens with zero attached hydrogens (tertiary/aromatic N) is 2. The predicted molar refractivity (Wildman–Crippen MR) is 61.9 cm³/mol. The Morgan fingerprint density at radius 3 is 2.62 bits per heavy atom. The van der Waals surface area contributed by atoms with Crippen molar-refractivity contribution in [1.82, 2.24) is 9.80 Å². The Bertz CT molecular complexity index is 290. The molecule has 0 bridgehead atoms.